The first kappa shape index (κ1) is 13.9. The number of nitrogens with zero attached hydrogens (tertiary/aromatic N) is 3. The fraction of sp³-hybridized carbons (Fsp3) is 0.200. The summed E-state index contributed by atoms with van der Waals surface area (Å²) < 4.78 is 0. The minimum atomic E-state index is 0.00662. The fourth-order valence-electron chi connectivity index (χ4n) is 2.09. The Bertz CT molecular complexity index is 625. The van der Waals surface area contributed by atoms with Crippen molar-refractivity contribution in [2.24, 2.45) is 10.9 Å². The molecule has 1 aromatic heterocycles. The van der Waals surface area contributed by atoms with Gasteiger partial charge in [0.15, 0.2) is 5.84 Å². The maximum atomic E-state index is 8.74. The number of pyridine rings is 1. The van der Waals surface area contributed by atoms with Gasteiger partial charge in [-0.1, -0.05) is 17.3 Å². The van der Waals surface area contributed by atoms with Crippen molar-refractivity contribution in [3.63, 3.8) is 0 Å². The maximum absolute atomic E-state index is 8.74. The summed E-state index contributed by atoms with van der Waals surface area (Å²) in [6, 6.07) is 12.0. The van der Waals surface area contributed by atoms with E-state index in [0.29, 0.717) is 5.69 Å². The second kappa shape index (κ2) is 6.06. The average molecular weight is 270 g/mol. The molecule has 0 aliphatic carbocycles. The van der Waals surface area contributed by atoms with Crippen molar-refractivity contribution in [2.75, 3.05) is 11.4 Å². The third kappa shape index (κ3) is 2.88. The molecule has 0 aliphatic rings. The van der Waals surface area contributed by atoms with Gasteiger partial charge in [0.1, 0.15) is 5.69 Å². The third-order valence-electron chi connectivity index (χ3n) is 3.05. The van der Waals surface area contributed by atoms with E-state index in [1.54, 1.807) is 12.3 Å². The number of oxime groups is 1. The van der Waals surface area contributed by atoms with Crippen LogP contribution in [0.15, 0.2) is 47.8 Å². The molecule has 0 atom stereocenters. The lowest BCUT2D eigenvalue weighted by molar-refractivity contribution is 0.318. The van der Waals surface area contributed by atoms with Gasteiger partial charge < -0.3 is 15.8 Å². The van der Waals surface area contributed by atoms with Crippen LogP contribution in [0.1, 0.15) is 18.2 Å². The highest BCUT2D eigenvalue weighted by Gasteiger charge is 2.10. The molecule has 5 heteroatoms. The molecular formula is C15H18N4O. The van der Waals surface area contributed by atoms with Crippen LogP contribution in [0, 0.1) is 6.92 Å². The zero-order valence-corrected chi connectivity index (χ0v) is 11.6. The van der Waals surface area contributed by atoms with Gasteiger partial charge in [-0.2, -0.15) is 0 Å². The molecule has 2 rings (SSSR count). The zero-order chi connectivity index (χ0) is 14.5. The number of benzene rings is 1. The lowest BCUT2D eigenvalue weighted by Gasteiger charge is -2.24. The quantitative estimate of drug-likeness (QED) is 0.387. The van der Waals surface area contributed by atoms with Crippen LogP contribution >= 0.6 is 0 Å². The molecule has 0 radical (unpaired) electrons. The van der Waals surface area contributed by atoms with Crippen LogP contribution in [0.5, 0.6) is 0 Å². The van der Waals surface area contributed by atoms with Crippen LogP contribution < -0.4 is 10.6 Å². The first-order valence-corrected chi connectivity index (χ1v) is 6.44. The van der Waals surface area contributed by atoms with Crippen molar-refractivity contribution < 1.29 is 5.21 Å². The van der Waals surface area contributed by atoms with E-state index in [9.17, 15) is 0 Å². The first-order chi connectivity index (χ1) is 9.65. The van der Waals surface area contributed by atoms with Gasteiger partial charge in [-0.15, -0.1) is 0 Å². The van der Waals surface area contributed by atoms with Gasteiger partial charge >= 0.3 is 0 Å². The molecule has 5 nitrogen and oxygen atoms in total. The van der Waals surface area contributed by atoms with E-state index in [1.165, 1.54) is 5.56 Å². The predicted octanol–water partition coefficient (Wildman–Crippen LogP) is 2.64. The minimum absolute atomic E-state index is 0.00662. The van der Waals surface area contributed by atoms with Crippen LogP contribution in [0.25, 0.3) is 0 Å². The highest BCUT2D eigenvalue weighted by Crippen LogP contribution is 2.25. The Kier molecular flexibility index (Phi) is 4.20. The Morgan fingerprint density at radius 3 is 2.70 bits per heavy atom. The summed E-state index contributed by atoms with van der Waals surface area (Å²) in [6.45, 7) is 4.95. The number of hydrogen-bond donors (Lipinski definition) is 2. The number of nitrogens with two attached hydrogens (primary N) is 1. The SMILES string of the molecule is CCN(c1cccc(C)c1)c1ccnc(C(N)=NO)c1. The molecule has 0 fully saturated rings. The molecule has 1 aromatic carbocycles. The molecule has 0 saturated carbocycles. The smallest absolute Gasteiger partial charge is 0.188 e. The number of rotatable bonds is 4. The van der Waals surface area contributed by atoms with E-state index in [0.717, 1.165) is 17.9 Å². The normalized spacial score (nSPS) is 11.4. The van der Waals surface area contributed by atoms with E-state index in [4.69, 9.17) is 10.9 Å². The van der Waals surface area contributed by atoms with Crippen molar-refractivity contribution >= 4 is 17.2 Å². The zero-order valence-electron chi connectivity index (χ0n) is 11.6. The van der Waals surface area contributed by atoms with Gasteiger partial charge in [-0.05, 0) is 43.7 Å². The van der Waals surface area contributed by atoms with E-state index in [2.05, 4.69) is 47.1 Å². The molecule has 0 aliphatic heterocycles. The van der Waals surface area contributed by atoms with Crippen molar-refractivity contribution in [3.05, 3.63) is 53.9 Å². The van der Waals surface area contributed by atoms with Crippen LogP contribution in [-0.4, -0.2) is 22.6 Å². The molecule has 0 saturated heterocycles. The Morgan fingerprint density at radius 1 is 1.30 bits per heavy atom. The van der Waals surface area contributed by atoms with Crippen molar-refractivity contribution in [1.82, 2.24) is 4.98 Å². The van der Waals surface area contributed by atoms with E-state index in [-0.39, 0.29) is 5.84 Å². The number of hydrogen-bond acceptors (Lipinski definition) is 4. The highest BCUT2D eigenvalue weighted by atomic mass is 16.4. The Hall–Kier alpha value is -2.56. The summed E-state index contributed by atoms with van der Waals surface area (Å²) in [7, 11) is 0. The monoisotopic (exact) mass is 270 g/mol. The van der Waals surface area contributed by atoms with E-state index >= 15 is 0 Å². The summed E-state index contributed by atoms with van der Waals surface area (Å²) >= 11 is 0. The Balaban J connectivity index is 2.42. The van der Waals surface area contributed by atoms with E-state index < -0.39 is 0 Å². The molecule has 20 heavy (non-hydrogen) atoms. The van der Waals surface area contributed by atoms with Crippen molar-refractivity contribution in [1.29, 1.82) is 0 Å². The molecule has 0 spiro atoms. The first-order valence-electron chi connectivity index (χ1n) is 6.44. The fourth-order valence-corrected chi connectivity index (χ4v) is 2.09. The summed E-state index contributed by atoms with van der Waals surface area (Å²) in [6.07, 6.45) is 1.65. The second-order valence-electron chi connectivity index (χ2n) is 4.47. The second-order valence-corrected chi connectivity index (χ2v) is 4.47. The summed E-state index contributed by atoms with van der Waals surface area (Å²) in [4.78, 5) is 6.24. The van der Waals surface area contributed by atoms with Crippen molar-refractivity contribution in [3.8, 4) is 0 Å². The molecule has 0 amide bonds. The molecule has 3 N–H and O–H groups in total. The number of anilines is 2. The standard InChI is InChI=1S/C15H18N4O/c1-3-19(12-6-4-5-11(2)9-12)13-7-8-17-14(10-13)15(16)18-20/h4-10,20H,3H2,1-2H3,(H2,16,18). The van der Waals surface area contributed by atoms with Crippen LogP contribution in [0.2, 0.25) is 0 Å². The summed E-state index contributed by atoms with van der Waals surface area (Å²) in [5.41, 5.74) is 9.30. The molecule has 1 heterocycles. The van der Waals surface area contributed by atoms with E-state index in [1.807, 2.05) is 12.1 Å². The molecule has 104 valence electrons. The van der Waals surface area contributed by atoms with Gasteiger partial charge in [0.05, 0.1) is 0 Å². The topological polar surface area (TPSA) is 74.7 Å². The summed E-state index contributed by atoms with van der Waals surface area (Å²) in [5, 5.41) is 11.7. The minimum Gasteiger partial charge on any atom is -0.409 e. The third-order valence-corrected chi connectivity index (χ3v) is 3.05. The maximum Gasteiger partial charge on any atom is 0.188 e. The van der Waals surface area contributed by atoms with Crippen LogP contribution in [-0.2, 0) is 0 Å². The Labute approximate surface area is 118 Å². The number of aromatic nitrogens is 1. The molecule has 2 aromatic rings. The lowest BCUT2D eigenvalue weighted by atomic mass is 10.2. The predicted molar refractivity (Wildman–Crippen MR) is 80.6 cm³/mol. The molecule has 0 bridgehead atoms. The lowest BCUT2D eigenvalue weighted by Crippen LogP contribution is -2.19. The highest BCUT2D eigenvalue weighted by molar-refractivity contribution is 5.96. The Morgan fingerprint density at radius 2 is 2.05 bits per heavy atom. The van der Waals surface area contributed by atoms with Gasteiger partial charge in [0.25, 0.3) is 0 Å². The summed E-state index contributed by atoms with van der Waals surface area (Å²) in [5.74, 6) is 0.00662. The van der Waals surface area contributed by atoms with Gasteiger partial charge in [-0.3, -0.25) is 4.98 Å². The van der Waals surface area contributed by atoms with Gasteiger partial charge in [0, 0.05) is 24.1 Å². The van der Waals surface area contributed by atoms with Gasteiger partial charge in [-0.25, -0.2) is 0 Å². The van der Waals surface area contributed by atoms with Crippen LogP contribution in [0.3, 0.4) is 0 Å². The van der Waals surface area contributed by atoms with Crippen LogP contribution in [0.4, 0.5) is 11.4 Å². The average Bonchev–Trinajstić information content (AvgIpc) is 2.47. The largest absolute Gasteiger partial charge is 0.409 e. The number of amidine groups is 1. The van der Waals surface area contributed by atoms with Crippen molar-refractivity contribution in [2.45, 2.75) is 13.8 Å². The molecular weight excluding hydrogens is 252 g/mol. The molecule has 0 unspecified atom stereocenters. The van der Waals surface area contributed by atoms with Gasteiger partial charge in [0.2, 0.25) is 0 Å². The number of aryl methyl sites for hydroxylation is 1.